The van der Waals surface area contributed by atoms with Crippen LogP contribution in [-0.4, -0.2) is 52.9 Å². The first-order valence-electron chi connectivity index (χ1n) is 8.15. The third kappa shape index (κ3) is 2.68. The van der Waals surface area contributed by atoms with Gasteiger partial charge in [-0.25, -0.2) is 18.7 Å². The lowest BCUT2D eigenvalue weighted by Crippen LogP contribution is -2.56. The lowest BCUT2D eigenvalue weighted by Gasteiger charge is -2.43. The number of nitrogens with zero attached hydrogens (tertiary/aromatic N) is 4. The van der Waals surface area contributed by atoms with E-state index in [1.54, 1.807) is 4.90 Å². The minimum Gasteiger partial charge on any atom is -0.354 e. The van der Waals surface area contributed by atoms with Gasteiger partial charge in [0.15, 0.2) is 0 Å². The minimum atomic E-state index is -2.62. The van der Waals surface area contributed by atoms with Crippen LogP contribution in [0.5, 0.6) is 0 Å². The molecule has 2 aromatic rings. The average Bonchev–Trinajstić information content (AvgIpc) is 2.53. The van der Waals surface area contributed by atoms with Gasteiger partial charge in [-0.2, -0.15) is 0 Å². The van der Waals surface area contributed by atoms with Gasteiger partial charge in [0.2, 0.25) is 5.91 Å². The lowest BCUT2D eigenvalue weighted by molar-refractivity contribution is -0.142. The zero-order valence-electron chi connectivity index (χ0n) is 13.2. The molecule has 1 aromatic heterocycles. The second-order valence-corrected chi connectivity index (χ2v) is 6.50. The second-order valence-electron chi connectivity index (χ2n) is 6.50. The van der Waals surface area contributed by atoms with E-state index in [2.05, 4.69) is 9.97 Å². The number of halogens is 2. The number of amides is 1. The summed E-state index contributed by atoms with van der Waals surface area (Å²) < 4.78 is 26.4. The first-order chi connectivity index (χ1) is 11.5. The Morgan fingerprint density at radius 2 is 1.83 bits per heavy atom. The molecular formula is C17H18F2N4O. The Balaban J connectivity index is 1.42. The van der Waals surface area contributed by atoms with Crippen LogP contribution in [0.4, 0.5) is 14.6 Å². The molecule has 0 unspecified atom stereocenters. The number of piperidine rings is 1. The first-order valence-corrected chi connectivity index (χ1v) is 8.15. The number of hydrogen-bond acceptors (Lipinski definition) is 4. The van der Waals surface area contributed by atoms with Gasteiger partial charge >= 0.3 is 0 Å². The number of carbonyl (C=O) groups excluding carboxylic acids is 1. The molecule has 0 atom stereocenters. The van der Waals surface area contributed by atoms with Crippen molar-refractivity contribution < 1.29 is 13.6 Å². The van der Waals surface area contributed by atoms with Crippen LogP contribution in [0.3, 0.4) is 0 Å². The molecule has 1 amide bonds. The number of rotatable bonds is 2. The van der Waals surface area contributed by atoms with Gasteiger partial charge < -0.3 is 9.80 Å². The first kappa shape index (κ1) is 15.2. The smallest absolute Gasteiger partial charge is 0.251 e. The Morgan fingerprint density at radius 1 is 1.12 bits per heavy atom. The fraction of sp³-hybridized carbons (Fsp3) is 0.471. The molecule has 24 heavy (non-hydrogen) atoms. The normalized spacial score (nSPS) is 20.9. The third-order valence-electron chi connectivity index (χ3n) is 4.86. The van der Waals surface area contributed by atoms with Crippen molar-refractivity contribution in [3.8, 4) is 0 Å². The molecule has 1 aromatic carbocycles. The highest BCUT2D eigenvalue weighted by atomic mass is 19.3. The summed E-state index contributed by atoms with van der Waals surface area (Å²) in [7, 11) is 0. The molecule has 2 aliphatic heterocycles. The zero-order valence-corrected chi connectivity index (χ0v) is 13.2. The van der Waals surface area contributed by atoms with Gasteiger partial charge in [0, 0.05) is 44.4 Å². The molecule has 3 heterocycles. The molecule has 2 aliphatic rings. The predicted octanol–water partition coefficient (Wildman–Crippen LogP) is 2.32. The maximum absolute atomic E-state index is 13.2. The third-order valence-corrected chi connectivity index (χ3v) is 4.86. The van der Waals surface area contributed by atoms with Gasteiger partial charge in [-0.05, 0) is 12.1 Å². The molecular weight excluding hydrogens is 314 g/mol. The molecule has 0 spiro atoms. The maximum atomic E-state index is 13.2. The van der Waals surface area contributed by atoms with E-state index in [9.17, 15) is 13.6 Å². The van der Waals surface area contributed by atoms with Gasteiger partial charge in [0.05, 0.1) is 11.4 Å². The van der Waals surface area contributed by atoms with E-state index in [1.807, 2.05) is 29.2 Å². The molecule has 2 saturated heterocycles. The van der Waals surface area contributed by atoms with Crippen LogP contribution in [0.25, 0.3) is 10.9 Å². The Hall–Kier alpha value is -2.31. The fourth-order valence-corrected chi connectivity index (χ4v) is 3.36. The monoisotopic (exact) mass is 332 g/mol. The molecule has 0 saturated carbocycles. The van der Waals surface area contributed by atoms with E-state index in [1.165, 1.54) is 6.33 Å². The van der Waals surface area contributed by atoms with E-state index < -0.39 is 5.92 Å². The summed E-state index contributed by atoms with van der Waals surface area (Å²) in [4.78, 5) is 24.7. The van der Waals surface area contributed by atoms with Gasteiger partial charge in [-0.3, -0.25) is 4.79 Å². The topological polar surface area (TPSA) is 49.3 Å². The van der Waals surface area contributed by atoms with Crippen LogP contribution in [0.15, 0.2) is 30.6 Å². The quantitative estimate of drug-likeness (QED) is 0.847. The Morgan fingerprint density at radius 3 is 2.58 bits per heavy atom. The summed E-state index contributed by atoms with van der Waals surface area (Å²) >= 11 is 0. The van der Waals surface area contributed by atoms with Crippen LogP contribution >= 0.6 is 0 Å². The summed E-state index contributed by atoms with van der Waals surface area (Å²) in [6.45, 7) is 1.46. The number of carbonyl (C=O) groups is 1. The molecule has 4 rings (SSSR count). The predicted molar refractivity (Wildman–Crippen MR) is 86.0 cm³/mol. The summed E-state index contributed by atoms with van der Waals surface area (Å²) in [5, 5.41) is 0.962. The van der Waals surface area contributed by atoms with Crippen molar-refractivity contribution in [1.82, 2.24) is 14.9 Å². The van der Waals surface area contributed by atoms with E-state index in [4.69, 9.17) is 0 Å². The molecule has 7 heteroatoms. The average molecular weight is 332 g/mol. The Labute approximate surface area is 138 Å². The molecule has 0 radical (unpaired) electrons. The van der Waals surface area contributed by atoms with Crippen LogP contribution in [0.1, 0.15) is 12.8 Å². The highest BCUT2D eigenvalue weighted by Crippen LogP contribution is 2.32. The van der Waals surface area contributed by atoms with Gasteiger partial charge in [-0.15, -0.1) is 0 Å². The van der Waals surface area contributed by atoms with Gasteiger partial charge in [-0.1, -0.05) is 12.1 Å². The number of fused-ring (bicyclic) bond motifs is 1. The summed E-state index contributed by atoms with van der Waals surface area (Å²) in [5.74, 6) is -1.94. The molecule has 5 nitrogen and oxygen atoms in total. The Kier molecular flexibility index (Phi) is 3.58. The summed E-state index contributed by atoms with van der Waals surface area (Å²) in [6, 6.07) is 7.75. The number of para-hydroxylation sites is 1. The van der Waals surface area contributed by atoms with Crippen molar-refractivity contribution in [1.29, 1.82) is 0 Å². The van der Waals surface area contributed by atoms with Gasteiger partial charge in [0.25, 0.3) is 5.92 Å². The van der Waals surface area contributed by atoms with E-state index in [0.717, 1.165) is 16.7 Å². The van der Waals surface area contributed by atoms with Crippen LogP contribution < -0.4 is 4.90 Å². The van der Waals surface area contributed by atoms with Crippen LogP contribution in [0.2, 0.25) is 0 Å². The number of likely N-dealkylation sites (tertiary alicyclic amines) is 1. The van der Waals surface area contributed by atoms with Crippen LogP contribution in [-0.2, 0) is 4.79 Å². The highest BCUT2D eigenvalue weighted by molar-refractivity contribution is 5.91. The number of hydrogen-bond donors (Lipinski definition) is 0. The Bertz CT molecular complexity index is 761. The molecule has 0 bridgehead atoms. The molecule has 0 N–H and O–H groups in total. The lowest BCUT2D eigenvalue weighted by atomic mass is 9.96. The number of anilines is 1. The summed E-state index contributed by atoms with van der Waals surface area (Å²) in [5.41, 5.74) is 0.871. The van der Waals surface area contributed by atoms with Crippen molar-refractivity contribution in [2.45, 2.75) is 18.8 Å². The van der Waals surface area contributed by atoms with Gasteiger partial charge in [0.1, 0.15) is 12.1 Å². The van der Waals surface area contributed by atoms with Crippen molar-refractivity contribution in [3.05, 3.63) is 30.6 Å². The summed E-state index contributed by atoms with van der Waals surface area (Å²) in [6.07, 6.45) is 1.07. The van der Waals surface area contributed by atoms with E-state index >= 15 is 0 Å². The standard InChI is InChI=1S/C17H18F2N4O/c18-17(19)5-7-22(8-6-17)16(24)12-9-23(10-12)15-13-3-1-2-4-14(13)20-11-21-15/h1-4,11-12H,5-10H2. The van der Waals surface area contributed by atoms with Crippen LogP contribution in [0, 0.1) is 5.92 Å². The second kappa shape index (κ2) is 5.65. The van der Waals surface area contributed by atoms with Crippen molar-refractivity contribution in [3.63, 3.8) is 0 Å². The van der Waals surface area contributed by atoms with Crippen molar-refractivity contribution in [2.24, 2.45) is 5.92 Å². The number of aromatic nitrogens is 2. The molecule has 0 aliphatic carbocycles. The van der Waals surface area contributed by atoms with E-state index in [0.29, 0.717) is 13.1 Å². The molecule has 2 fully saturated rings. The molecule has 126 valence electrons. The number of alkyl halides is 2. The zero-order chi connectivity index (χ0) is 16.7. The minimum absolute atomic E-state index is 0.0138. The fourth-order valence-electron chi connectivity index (χ4n) is 3.36. The SMILES string of the molecule is O=C(C1CN(c2ncnc3ccccc23)C1)N1CCC(F)(F)CC1. The largest absolute Gasteiger partial charge is 0.354 e. The number of benzene rings is 1. The van der Waals surface area contributed by atoms with E-state index in [-0.39, 0.29) is 37.8 Å². The van der Waals surface area contributed by atoms with Crippen molar-refractivity contribution in [2.75, 3.05) is 31.1 Å². The van der Waals surface area contributed by atoms with Crippen molar-refractivity contribution >= 4 is 22.6 Å². The highest BCUT2D eigenvalue weighted by Gasteiger charge is 2.41. The maximum Gasteiger partial charge on any atom is 0.251 e.